The molecule has 11 atom stereocenters. The van der Waals surface area contributed by atoms with E-state index in [0.717, 1.165) is 6.92 Å². The number of rotatable bonds is 11. The molecular weight excluding hydrogens is 827 g/mol. The predicted octanol–water partition coefficient (Wildman–Crippen LogP) is 5.19. The fourth-order valence-corrected chi connectivity index (χ4v) is 10.6. The molecule has 3 aliphatic carbocycles. The molecule has 1 heterocycles. The number of aliphatic hydroxyl groups is 1. The minimum atomic E-state index is -1.96. The topological polar surface area (TPSA) is 207 Å². The summed E-state index contributed by atoms with van der Waals surface area (Å²) in [6, 6.07) is 23.5. The molecule has 0 aromatic heterocycles. The summed E-state index contributed by atoms with van der Waals surface area (Å²) in [4.78, 5) is 97.1. The Morgan fingerprint density at radius 3 is 1.88 bits per heavy atom. The van der Waals surface area contributed by atoms with E-state index in [0.29, 0.717) is 11.1 Å². The third-order valence-electron chi connectivity index (χ3n) is 13.6. The number of ketones is 1. The molecule has 0 radical (unpaired) electrons. The third-order valence-corrected chi connectivity index (χ3v) is 13.6. The average molecular weight is 880 g/mol. The summed E-state index contributed by atoms with van der Waals surface area (Å²) in [6.07, 6.45) is -8.60. The van der Waals surface area contributed by atoms with Crippen molar-refractivity contribution in [2.24, 2.45) is 22.7 Å². The van der Waals surface area contributed by atoms with Gasteiger partial charge >= 0.3 is 29.8 Å². The van der Waals surface area contributed by atoms with Crippen LogP contribution in [-0.2, 0) is 52.4 Å². The first-order valence-corrected chi connectivity index (χ1v) is 21.3. The van der Waals surface area contributed by atoms with Crippen LogP contribution >= 0.6 is 0 Å². The first-order valence-electron chi connectivity index (χ1n) is 21.3. The second kappa shape index (κ2) is 17.8. The zero-order chi connectivity index (χ0) is 46.3. The Bertz CT molecular complexity index is 2350. The number of amides is 1. The van der Waals surface area contributed by atoms with Gasteiger partial charge in [-0.3, -0.25) is 24.0 Å². The summed E-state index contributed by atoms with van der Waals surface area (Å²) >= 11 is 0. The van der Waals surface area contributed by atoms with Crippen molar-refractivity contribution in [1.82, 2.24) is 5.32 Å². The maximum atomic E-state index is 15.8. The van der Waals surface area contributed by atoms with Crippen LogP contribution in [-0.4, -0.2) is 95.5 Å². The Kier molecular flexibility index (Phi) is 12.7. The van der Waals surface area contributed by atoms with Crippen LogP contribution in [0.1, 0.15) is 93.6 Å². The average Bonchev–Trinajstić information content (AvgIpc) is 3.25. The molecular formula is C49H53NO14. The number of carbonyl (C=O) groups is 7. The fraction of sp³-hybridized carbons (Fsp3) is 0.449. The number of esters is 5. The molecule has 338 valence electrons. The van der Waals surface area contributed by atoms with Crippen LogP contribution in [0.15, 0.2) is 102 Å². The molecule has 64 heavy (non-hydrogen) atoms. The highest BCUT2D eigenvalue weighted by molar-refractivity contribution is 5.96. The normalized spacial score (nSPS) is 29.9. The summed E-state index contributed by atoms with van der Waals surface area (Å²) in [5.74, 6) is -7.70. The summed E-state index contributed by atoms with van der Waals surface area (Å²) in [7, 11) is 0. The van der Waals surface area contributed by atoms with Crippen LogP contribution < -0.4 is 5.32 Å². The Morgan fingerprint density at radius 2 is 1.33 bits per heavy atom. The van der Waals surface area contributed by atoms with Crippen molar-refractivity contribution in [1.29, 1.82) is 0 Å². The Balaban J connectivity index is 1.39. The Labute approximate surface area is 370 Å². The van der Waals surface area contributed by atoms with Gasteiger partial charge < -0.3 is 38.8 Å². The zero-order valence-corrected chi connectivity index (χ0v) is 36.7. The van der Waals surface area contributed by atoms with Crippen LogP contribution in [0, 0.1) is 22.7 Å². The summed E-state index contributed by atoms with van der Waals surface area (Å²) in [6.45, 7) is 10.1. The lowest BCUT2D eigenvalue weighted by Gasteiger charge is -2.66. The monoisotopic (exact) mass is 879 g/mol. The lowest BCUT2D eigenvalue weighted by atomic mass is 9.46. The second-order valence-electron chi connectivity index (χ2n) is 17.8. The number of aliphatic hydroxyl groups excluding tert-OH is 1. The molecule has 1 aliphatic heterocycles. The Morgan fingerprint density at radius 1 is 0.750 bits per heavy atom. The number of ether oxygens (including phenoxy) is 6. The van der Waals surface area contributed by atoms with Gasteiger partial charge in [0.15, 0.2) is 23.6 Å². The van der Waals surface area contributed by atoms with Gasteiger partial charge in [-0.25, -0.2) is 9.59 Å². The molecule has 15 nitrogen and oxygen atoms in total. The fourth-order valence-electron chi connectivity index (χ4n) is 10.6. The highest BCUT2D eigenvalue weighted by Crippen LogP contribution is 2.64. The highest BCUT2D eigenvalue weighted by atomic mass is 16.6. The van der Waals surface area contributed by atoms with Crippen LogP contribution in [0.3, 0.4) is 0 Å². The molecule has 1 unspecified atom stereocenters. The first-order chi connectivity index (χ1) is 30.3. The van der Waals surface area contributed by atoms with Gasteiger partial charge in [-0.1, -0.05) is 80.6 Å². The molecule has 7 rings (SSSR count). The van der Waals surface area contributed by atoms with E-state index < -0.39 is 112 Å². The number of fused-ring (bicyclic) bond motifs is 5. The molecule has 3 aromatic carbocycles. The van der Waals surface area contributed by atoms with E-state index in [4.69, 9.17) is 28.4 Å². The predicted molar refractivity (Wildman–Crippen MR) is 226 cm³/mol. The largest absolute Gasteiger partial charge is 0.461 e. The molecule has 4 aliphatic rings. The molecule has 1 saturated heterocycles. The smallest absolute Gasteiger partial charge is 0.338 e. The van der Waals surface area contributed by atoms with Gasteiger partial charge in [0.2, 0.25) is 0 Å². The number of carbonyl (C=O) groups excluding carboxylic acids is 7. The summed E-state index contributed by atoms with van der Waals surface area (Å²) < 4.78 is 37.0. The highest BCUT2D eigenvalue weighted by Gasteiger charge is 2.76. The molecule has 2 N–H and O–H groups in total. The minimum Gasteiger partial charge on any atom is -0.461 e. The molecule has 0 spiro atoms. The van der Waals surface area contributed by atoms with Crippen LogP contribution in [0.4, 0.5) is 0 Å². The number of Topliss-reactive ketones (excluding diaryl/α,β-unsaturated/α-hetero) is 1. The van der Waals surface area contributed by atoms with Crippen LogP contribution in [0.5, 0.6) is 0 Å². The number of hydrogen-bond acceptors (Lipinski definition) is 14. The van der Waals surface area contributed by atoms with E-state index in [1.54, 1.807) is 119 Å². The van der Waals surface area contributed by atoms with Gasteiger partial charge in [-0.15, -0.1) is 0 Å². The number of hydrogen-bond donors (Lipinski definition) is 2. The van der Waals surface area contributed by atoms with Gasteiger partial charge in [0.25, 0.3) is 5.91 Å². The number of nitrogens with one attached hydrogen (secondary N) is 1. The maximum absolute atomic E-state index is 15.8. The Hall–Kier alpha value is -6.19. The van der Waals surface area contributed by atoms with Gasteiger partial charge in [-0.05, 0) is 66.7 Å². The van der Waals surface area contributed by atoms with E-state index in [2.05, 4.69) is 5.32 Å². The van der Waals surface area contributed by atoms with Gasteiger partial charge in [0.05, 0.1) is 29.5 Å². The molecule has 2 bridgehead atoms. The summed E-state index contributed by atoms with van der Waals surface area (Å²) in [5.41, 5.74) is -3.28. The van der Waals surface area contributed by atoms with Crippen molar-refractivity contribution in [3.8, 4) is 0 Å². The molecule has 15 heteroatoms. The molecule has 2 saturated carbocycles. The lowest BCUT2D eigenvalue weighted by molar-refractivity contribution is -0.336. The standard InChI is InChI=1S/C49H53NO14/c1-26-34(62-46(58)39(54)38(30-17-11-8-12-18-30)50-44(56)31-19-13-9-14-20-31)23-33-40(63-45(57)32-21-15-10-16-22-32)42-48(7,43(55)41(61-28(3)52)37(26)47(33,5)6)35(60-27(2)51)24-36-49(42,25-59-36)64-29(4)53/h8-22,33-36,38-42,54H,23-25H2,1-7H3,(H,50,56)/t33?,34-,35-,36+,38-,39+,40+,41+,42-,48+,49-/m0/s1. The minimum absolute atomic E-state index is 0.0899. The van der Waals surface area contributed by atoms with Crippen molar-refractivity contribution >= 4 is 41.5 Å². The van der Waals surface area contributed by atoms with E-state index in [-0.39, 0.29) is 36.1 Å². The van der Waals surface area contributed by atoms with Crippen molar-refractivity contribution < 1.29 is 67.1 Å². The quantitative estimate of drug-likeness (QED) is 0.145. The van der Waals surface area contributed by atoms with Crippen LogP contribution in [0.2, 0.25) is 0 Å². The van der Waals surface area contributed by atoms with Crippen molar-refractivity contribution in [2.75, 3.05) is 6.61 Å². The molecule has 1 amide bonds. The van der Waals surface area contributed by atoms with Crippen molar-refractivity contribution in [3.63, 3.8) is 0 Å². The van der Waals surface area contributed by atoms with Crippen LogP contribution in [0.25, 0.3) is 0 Å². The second-order valence-corrected chi connectivity index (χ2v) is 17.8. The van der Waals surface area contributed by atoms with Gasteiger partial charge in [0.1, 0.15) is 24.4 Å². The van der Waals surface area contributed by atoms with E-state index >= 15 is 4.79 Å². The number of benzene rings is 3. The van der Waals surface area contributed by atoms with E-state index in [1.807, 2.05) is 0 Å². The van der Waals surface area contributed by atoms with E-state index in [1.165, 1.54) is 13.8 Å². The van der Waals surface area contributed by atoms with Crippen molar-refractivity contribution in [3.05, 3.63) is 119 Å². The first kappa shape index (κ1) is 45.8. The SMILES string of the molecule is CC(=O)O[C@H]1C(=O)[C@]2(C)[C@@H](OC(C)=O)C[C@H]3OC[C@@]3(OC(C)=O)[C@H]2[C@H](OC(=O)c2ccccc2)C2C[C@H](OC(=O)[C@H](O)[C@@H](NC(=O)c3ccccc3)c3ccccc3)C(C)=C1C2(C)C. The lowest BCUT2D eigenvalue weighted by Crippen LogP contribution is -2.79. The van der Waals surface area contributed by atoms with Gasteiger partial charge in [0, 0.05) is 38.7 Å². The molecule has 3 fully saturated rings. The third kappa shape index (κ3) is 8.22. The maximum Gasteiger partial charge on any atom is 0.338 e. The van der Waals surface area contributed by atoms with E-state index in [9.17, 15) is 33.9 Å². The zero-order valence-electron chi connectivity index (χ0n) is 36.7. The van der Waals surface area contributed by atoms with Crippen molar-refractivity contribution in [2.45, 2.75) is 110 Å². The summed E-state index contributed by atoms with van der Waals surface area (Å²) in [5, 5.41) is 14.6. The van der Waals surface area contributed by atoms with Gasteiger partial charge in [-0.2, -0.15) is 0 Å². The molecule has 3 aromatic rings.